The van der Waals surface area contributed by atoms with Gasteiger partial charge >= 0.3 is 12.1 Å². The molecule has 0 spiro atoms. The van der Waals surface area contributed by atoms with Crippen LogP contribution in [0.3, 0.4) is 0 Å². The van der Waals surface area contributed by atoms with Crippen molar-refractivity contribution in [1.29, 1.82) is 0 Å². The molecule has 0 aliphatic rings. The topological polar surface area (TPSA) is 46.3 Å². The maximum Gasteiger partial charge on any atom is 0.472 e. The molecular weight excluding hydrogens is 161 g/mol. The van der Waals surface area contributed by atoms with Crippen LogP contribution in [0.25, 0.3) is 0 Å². The zero-order valence-corrected chi connectivity index (χ0v) is 6.14. The van der Waals surface area contributed by atoms with E-state index < -0.39 is 18.1 Å². The molecule has 0 radical (unpaired) electrons. The highest BCUT2D eigenvalue weighted by atomic mass is 19.4. The Morgan fingerprint density at radius 2 is 1.82 bits per heavy atom. The van der Waals surface area contributed by atoms with Crippen LogP contribution in [-0.2, 0) is 4.79 Å². The molecule has 0 atom stereocenters. The number of hydrogen-bond acceptors (Lipinski definition) is 2. The van der Waals surface area contributed by atoms with Crippen LogP contribution in [0, 0.1) is 0 Å². The van der Waals surface area contributed by atoms with E-state index in [-0.39, 0.29) is 5.01 Å². The number of halogens is 3. The van der Waals surface area contributed by atoms with Crippen molar-refractivity contribution in [2.45, 2.75) is 26.1 Å². The number of alkyl halides is 3. The third-order valence-electron chi connectivity index (χ3n) is 1.03. The molecule has 0 fully saturated rings. The first kappa shape index (κ1) is 10.2. The summed E-state index contributed by atoms with van der Waals surface area (Å²) >= 11 is 0. The van der Waals surface area contributed by atoms with Gasteiger partial charge in [0.1, 0.15) is 0 Å². The van der Waals surface area contributed by atoms with E-state index in [0.29, 0.717) is 0 Å². The smallest absolute Gasteiger partial charge is 0.270 e. The van der Waals surface area contributed by atoms with Gasteiger partial charge in [-0.1, -0.05) is 0 Å². The van der Waals surface area contributed by atoms with Gasteiger partial charge in [-0.25, -0.2) is 5.84 Å². The quantitative estimate of drug-likeness (QED) is 0.357. The van der Waals surface area contributed by atoms with Crippen molar-refractivity contribution in [3.05, 3.63) is 0 Å². The molecule has 3 nitrogen and oxygen atoms in total. The van der Waals surface area contributed by atoms with Crippen molar-refractivity contribution in [2.75, 3.05) is 0 Å². The lowest BCUT2D eigenvalue weighted by molar-refractivity contribution is -0.187. The molecule has 0 saturated carbocycles. The lowest BCUT2D eigenvalue weighted by Crippen LogP contribution is -2.49. The van der Waals surface area contributed by atoms with Crippen LogP contribution in [0.1, 0.15) is 13.8 Å². The van der Waals surface area contributed by atoms with Crippen LogP contribution >= 0.6 is 0 Å². The minimum absolute atomic E-state index is 0.153. The molecule has 0 saturated heterocycles. The number of nitrogens with zero attached hydrogens (tertiary/aromatic N) is 1. The van der Waals surface area contributed by atoms with Gasteiger partial charge in [-0.3, -0.25) is 9.80 Å². The first-order chi connectivity index (χ1) is 4.76. The second-order valence-corrected chi connectivity index (χ2v) is 2.30. The van der Waals surface area contributed by atoms with Gasteiger partial charge in [-0.05, 0) is 13.8 Å². The SMILES string of the molecule is CC(C)N(N)C(=O)C(F)(F)F. The summed E-state index contributed by atoms with van der Waals surface area (Å²) in [6.07, 6.45) is -4.88. The highest BCUT2D eigenvalue weighted by Gasteiger charge is 2.42. The maximum atomic E-state index is 11.6. The second-order valence-electron chi connectivity index (χ2n) is 2.30. The minimum atomic E-state index is -4.88. The van der Waals surface area contributed by atoms with E-state index >= 15 is 0 Å². The highest BCUT2D eigenvalue weighted by Crippen LogP contribution is 2.17. The predicted molar refractivity (Wildman–Crippen MR) is 32.2 cm³/mol. The second kappa shape index (κ2) is 3.08. The van der Waals surface area contributed by atoms with Gasteiger partial charge in [0.05, 0.1) is 0 Å². The lowest BCUT2D eigenvalue weighted by atomic mass is 10.3. The molecule has 11 heavy (non-hydrogen) atoms. The Bertz CT molecular complexity index is 154. The van der Waals surface area contributed by atoms with Gasteiger partial charge < -0.3 is 0 Å². The molecule has 0 aromatic rings. The van der Waals surface area contributed by atoms with Crippen LogP contribution in [-0.4, -0.2) is 23.1 Å². The minimum Gasteiger partial charge on any atom is -0.270 e. The highest BCUT2D eigenvalue weighted by molar-refractivity contribution is 5.81. The fourth-order valence-electron chi connectivity index (χ4n) is 0.381. The normalized spacial score (nSPS) is 11.9. The number of carbonyl (C=O) groups excluding carboxylic acids is 1. The molecule has 0 aliphatic heterocycles. The Kier molecular flexibility index (Phi) is 2.86. The first-order valence-electron chi connectivity index (χ1n) is 2.92. The van der Waals surface area contributed by atoms with Crippen molar-refractivity contribution in [3.8, 4) is 0 Å². The van der Waals surface area contributed by atoms with E-state index in [1.807, 2.05) is 0 Å². The summed E-state index contributed by atoms with van der Waals surface area (Å²) in [5, 5.41) is 0.153. The van der Waals surface area contributed by atoms with Gasteiger partial charge in [-0.2, -0.15) is 13.2 Å². The first-order valence-corrected chi connectivity index (χ1v) is 2.92. The van der Waals surface area contributed by atoms with E-state index in [9.17, 15) is 18.0 Å². The molecule has 0 aliphatic carbocycles. The Morgan fingerprint density at radius 1 is 1.45 bits per heavy atom. The monoisotopic (exact) mass is 170 g/mol. The number of rotatable bonds is 1. The van der Waals surface area contributed by atoms with Gasteiger partial charge in [-0.15, -0.1) is 0 Å². The molecule has 0 aromatic carbocycles. The standard InChI is InChI=1S/C5H9F3N2O/c1-3(2)10(9)4(11)5(6,7)8/h3H,9H2,1-2H3. The van der Waals surface area contributed by atoms with Gasteiger partial charge in [0.25, 0.3) is 0 Å². The average molecular weight is 170 g/mol. The van der Waals surface area contributed by atoms with Crippen LogP contribution in [0.4, 0.5) is 13.2 Å². The van der Waals surface area contributed by atoms with Crippen molar-refractivity contribution in [2.24, 2.45) is 5.84 Å². The third kappa shape index (κ3) is 2.75. The zero-order chi connectivity index (χ0) is 9.23. The van der Waals surface area contributed by atoms with E-state index in [0.717, 1.165) is 0 Å². The van der Waals surface area contributed by atoms with Crippen molar-refractivity contribution < 1.29 is 18.0 Å². The van der Waals surface area contributed by atoms with Crippen molar-refractivity contribution in [1.82, 2.24) is 5.01 Å². The fraction of sp³-hybridized carbons (Fsp3) is 0.800. The molecule has 66 valence electrons. The molecule has 0 unspecified atom stereocenters. The summed E-state index contributed by atoms with van der Waals surface area (Å²) in [5.74, 6) is 2.79. The molecular formula is C5H9F3N2O. The lowest BCUT2D eigenvalue weighted by Gasteiger charge is -2.21. The molecule has 0 aromatic heterocycles. The molecule has 0 heterocycles. The molecule has 6 heteroatoms. The van der Waals surface area contributed by atoms with Crippen molar-refractivity contribution in [3.63, 3.8) is 0 Å². The molecule has 0 rings (SSSR count). The summed E-state index contributed by atoms with van der Waals surface area (Å²) in [5.41, 5.74) is 0. The van der Waals surface area contributed by atoms with Gasteiger partial charge in [0.15, 0.2) is 0 Å². The number of hydrazine groups is 1. The molecule has 2 N–H and O–H groups in total. The number of nitrogens with two attached hydrogens (primary N) is 1. The van der Waals surface area contributed by atoms with Gasteiger partial charge in [0, 0.05) is 6.04 Å². The van der Waals surface area contributed by atoms with Crippen LogP contribution in [0.15, 0.2) is 0 Å². The van der Waals surface area contributed by atoms with E-state index in [2.05, 4.69) is 0 Å². The molecule has 0 bridgehead atoms. The van der Waals surface area contributed by atoms with E-state index in [1.54, 1.807) is 0 Å². The van der Waals surface area contributed by atoms with Gasteiger partial charge in [0.2, 0.25) is 0 Å². The predicted octanol–water partition coefficient (Wildman–Crippen LogP) is 0.659. The number of amides is 1. The van der Waals surface area contributed by atoms with E-state index in [4.69, 9.17) is 5.84 Å². The Balaban J connectivity index is 4.26. The fourth-order valence-corrected chi connectivity index (χ4v) is 0.381. The Labute approximate surface area is 61.9 Å². The summed E-state index contributed by atoms with van der Waals surface area (Å²) in [4.78, 5) is 10.3. The summed E-state index contributed by atoms with van der Waals surface area (Å²) in [6.45, 7) is 2.78. The van der Waals surface area contributed by atoms with E-state index in [1.165, 1.54) is 13.8 Å². The van der Waals surface area contributed by atoms with Crippen LogP contribution in [0.2, 0.25) is 0 Å². The largest absolute Gasteiger partial charge is 0.472 e. The summed E-state index contributed by atoms with van der Waals surface area (Å²) in [6, 6.07) is -0.649. The average Bonchev–Trinajstić information content (AvgIpc) is 1.82. The number of carbonyl (C=O) groups is 1. The van der Waals surface area contributed by atoms with Crippen LogP contribution in [0.5, 0.6) is 0 Å². The Morgan fingerprint density at radius 3 is 1.91 bits per heavy atom. The molecule has 1 amide bonds. The maximum absolute atomic E-state index is 11.6. The third-order valence-corrected chi connectivity index (χ3v) is 1.03. The van der Waals surface area contributed by atoms with Crippen molar-refractivity contribution >= 4 is 5.91 Å². The summed E-state index contributed by atoms with van der Waals surface area (Å²) < 4.78 is 34.8. The van der Waals surface area contributed by atoms with Crippen LogP contribution < -0.4 is 5.84 Å². The summed E-state index contributed by atoms with van der Waals surface area (Å²) in [7, 11) is 0. The Hall–Kier alpha value is -0.780. The number of hydrogen-bond donors (Lipinski definition) is 1. The zero-order valence-electron chi connectivity index (χ0n) is 6.14.